The Balaban J connectivity index is 1.94. The molecule has 0 bridgehead atoms. The molecule has 0 amide bonds. The minimum Gasteiger partial charge on any atom is -0.351 e. The van der Waals surface area contributed by atoms with E-state index in [1.165, 1.54) is 32.1 Å². The van der Waals surface area contributed by atoms with E-state index in [1.807, 2.05) is 0 Å². The monoisotopic (exact) mass is 309 g/mol. The molecule has 1 saturated heterocycles. The van der Waals surface area contributed by atoms with Gasteiger partial charge in [0.05, 0.1) is 0 Å². The molecule has 2 atom stereocenters. The van der Waals surface area contributed by atoms with Crippen molar-refractivity contribution in [2.24, 2.45) is 0 Å². The molecular formula is C14H20BrN3. The first kappa shape index (κ1) is 12.4. The van der Waals surface area contributed by atoms with E-state index in [1.54, 1.807) is 0 Å². The highest BCUT2D eigenvalue weighted by Gasteiger charge is 2.32. The molecule has 0 N–H and O–H groups in total. The summed E-state index contributed by atoms with van der Waals surface area (Å²) in [5.41, 5.74) is 0. The highest BCUT2D eigenvalue weighted by atomic mass is 79.9. The third kappa shape index (κ3) is 2.27. The van der Waals surface area contributed by atoms with E-state index in [9.17, 15) is 0 Å². The van der Waals surface area contributed by atoms with Crippen molar-refractivity contribution in [2.45, 2.75) is 64.0 Å². The number of nitrogens with zero attached hydrogens (tertiary/aromatic N) is 3. The average Bonchev–Trinajstić information content (AvgIpc) is 3.12. The summed E-state index contributed by atoms with van der Waals surface area (Å²) < 4.78 is 0.934. The van der Waals surface area contributed by atoms with Gasteiger partial charge < -0.3 is 4.90 Å². The third-order valence-corrected chi connectivity index (χ3v) is 4.57. The Labute approximate surface area is 117 Å². The van der Waals surface area contributed by atoms with Gasteiger partial charge in [-0.3, -0.25) is 0 Å². The Morgan fingerprint density at radius 2 is 2.06 bits per heavy atom. The van der Waals surface area contributed by atoms with Gasteiger partial charge in [-0.1, -0.05) is 6.92 Å². The second-order valence-corrected chi connectivity index (χ2v) is 6.39. The lowest BCUT2D eigenvalue weighted by molar-refractivity contribution is 0.618. The van der Waals surface area contributed by atoms with Crippen LogP contribution in [-0.4, -0.2) is 22.1 Å². The molecule has 1 saturated carbocycles. The predicted molar refractivity (Wildman–Crippen MR) is 77.0 cm³/mol. The summed E-state index contributed by atoms with van der Waals surface area (Å²) in [5.74, 6) is 2.77. The van der Waals surface area contributed by atoms with Crippen molar-refractivity contribution < 1.29 is 0 Å². The van der Waals surface area contributed by atoms with Gasteiger partial charge in [0, 0.05) is 24.1 Å². The van der Waals surface area contributed by atoms with Crippen molar-refractivity contribution in [3.8, 4) is 0 Å². The topological polar surface area (TPSA) is 29.0 Å². The Morgan fingerprint density at radius 3 is 2.72 bits per heavy atom. The Bertz CT molecular complexity index is 445. The first-order chi connectivity index (χ1) is 8.69. The molecule has 3 rings (SSSR count). The van der Waals surface area contributed by atoms with Crippen molar-refractivity contribution in [3.63, 3.8) is 0 Å². The first-order valence-corrected chi connectivity index (χ1v) is 7.81. The van der Waals surface area contributed by atoms with Gasteiger partial charge in [-0.05, 0) is 55.0 Å². The van der Waals surface area contributed by atoms with Crippen LogP contribution in [0.2, 0.25) is 0 Å². The molecule has 1 aliphatic heterocycles. The molecule has 2 unspecified atom stereocenters. The number of hydrogen-bond donors (Lipinski definition) is 0. The normalized spacial score (nSPS) is 27.8. The standard InChI is InChI=1S/C14H20BrN3/c1-3-11-7-4-9(2)18(11)13-8-12(15)16-14(17-13)10-5-6-10/h8-11H,3-7H2,1-2H3. The van der Waals surface area contributed by atoms with Gasteiger partial charge >= 0.3 is 0 Å². The molecule has 2 heterocycles. The van der Waals surface area contributed by atoms with Crippen molar-refractivity contribution in [1.82, 2.24) is 9.97 Å². The van der Waals surface area contributed by atoms with Crippen LogP contribution in [0.15, 0.2) is 10.7 Å². The van der Waals surface area contributed by atoms with Crippen molar-refractivity contribution in [1.29, 1.82) is 0 Å². The molecule has 18 heavy (non-hydrogen) atoms. The van der Waals surface area contributed by atoms with Crippen LogP contribution in [0.3, 0.4) is 0 Å². The zero-order valence-electron chi connectivity index (χ0n) is 11.1. The molecule has 2 fully saturated rings. The van der Waals surface area contributed by atoms with Gasteiger partial charge in [-0.2, -0.15) is 0 Å². The first-order valence-electron chi connectivity index (χ1n) is 7.02. The quantitative estimate of drug-likeness (QED) is 0.793. The molecule has 4 heteroatoms. The van der Waals surface area contributed by atoms with Crippen LogP contribution in [0.1, 0.15) is 57.7 Å². The number of halogens is 1. The fraction of sp³-hybridized carbons (Fsp3) is 0.714. The summed E-state index contributed by atoms with van der Waals surface area (Å²) in [6.45, 7) is 4.58. The summed E-state index contributed by atoms with van der Waals surface area (Å²) in [7, 11) is 0. The lowest BCUT2D eigenvalue weighted by Gasteiger charge is -2.29. The van der Waals surface area contributed by atoms with Gasteiger partial charge in [0.25, 0.3) is 0 Å². The molecule has 1 aromatic heterocycles. The maximum atomic E-state index is 4.81. The van der Waals surface area contributed by atoms with E-state index in [0.717, 1.165) is 16.2 Å². The molecule has 1 aliphatic carbocycles. The lowest BCUT2D eigenvalue weighted by Crippen LogP contribution is -2.35. The summed E-state index contributed by atoms with van der Waals surface area (Å²) in [4.78, 5) is 11.8. The van der Waals surface area contributed by atoms with E-state index in [4.69, 9.17) is 4.98 Å². The van der Waals surface area contributed by atoms with Gasteiger partial charge in [-0.25, -0.2) is 9.97 Å². The molecule has 3 nitrogen and oxygen atoms in total. The largest absolute Gasteiger partial charge is 0.351 e. The second kappa shape index (κ2) is 4.80. The SMILES string of the molecule is CCC1CCC(C)N1c1cc(Br)nc(C2CC2)n1. The minimum absolute atomic E-state index is 0.601. The predicted octanol–water partition coefficient (Wildman–Crippen LogP) is 3.88. The smallest absolute Gasteiger partial charge is 0.135 e. The van der Waals surface area contributed by atoms with Crippen LogP contribution in [0.4, 0.5) is 5.82 Å². The van der Waals surface area contributed by atoms with E-state index < -0.39 is 0 Å². The molecule has 0 radical (unpaired) electrons. The summed E-state index contributed by atoms with van der Waals surface area (Å²) in [5, 5.41) is 0. The van der Waals surface area contributed by atoms with E-state index in [2.05, 4.69) is 45.7 Å². The fourth-order valence-electron chi connectivity index (χ4n) is 2.96. The van der Waals surface area contributed by atoms with Crippen LogP contribution in [0.25, 0.3) is 0 Å². The third-order valence-electron chi connectivity index (χ3n) is 4.16. The zero-order valence-corrected chi connectivity index (χ0v) is 12.7. The Kier molecular flexibility index (Phi) is 3.31. The Morgan fingerprint density at radius 1 is 1.28 bits per heavy atom. The summed E-state index contributed by atoms with van der Waals surface area (Å²) >= 11 is 3.54. The minimum atomic E-state index is 0.601. The highest BCUT2D eigenvalue weighted by molar-refractivity contribution is 9.10. The maximum absolute atomic E-state index is 4.81. The summed E-state index contributed by atoms with van der Waals surface area (Å²) in [6.07, 6.45) is 6.27. The van der Waals surface area contributed by atoms with Crippen LogP contribution in [0, 0.1) is 0 Å². The second-order valence-electron chi connectivity index (χ2n) is 5.58. The molecule has 98 valence electrons. The van der Waals surface area contributed by atoms with Crippen molar-refractivity contribution in [2.75, 3.05) is 4.90 Å². The molecule has 0 aromatic carbocycles. The van der Waals surface area contributed by atoms with Crippen LogP contribution in [-0.2, 0) is 0 Å². The van der Waals surface area contributed by atoms with Crippen molar-refractivity contribution >= 4 is 21.7 Å². The van der Waals surface area contributed by atoms with Gasteiger partial charge in [-0.15, -0.1) is 0 Å². The molecule has 2 aliphatic rings. The van der Waals surface area contributed by atoms with Gasteiger partial charge in [0.1, 0.15) is 16.2 Å². The lowest BCUT2D eigenvalue weighted by atomic mass is 10.1. The number of hydrogen-bond acceptors (Lipinski definition) is 3. The van der Waals surface area contributed by atoms with Crippen molar-refractivity contribution in [3.05, 3.63) is 16.5 Å². The fourth-order valence-corrected chi connectivity index (χ4v) is 3.35. The summed E-state index contributed by atoms with van der Waals surface area (Å²) in [6, 6.07) is 3.33. The van der Waals surface area contributed by atoms with E-state index in [-0.39, 0.29) is 0 Å². The molecule has 1 aromatic rings. The number of rotatable bonds is 3. The van der Waals surface area contributed by atoms with E-state index in [0.29, 0.717) is 18.0 Å². The zero-order chi connectivity index (χ0) is 12.7. The Hall–Kier alpha value is -0.640. The number of aromatic nitrogens is 2. The molecule has 0 spiro atoms. The highest BCUT2D eigenvalue weighted by Crippen LogP contribution is 2.40. The van der Waals surface area contributed by atoms with Crippen LogP contribution >= 0.6 is 15.9 Å². The van der Waals surface area contributed by atoms with Crippen LogP contribution in [0.5, 0.6) is 0 Å². The number of anilines is 1. The van der Waals surface area contributed by atoms with Crippen LogP contribution < -0.4 is 4.90 Å². The molecular weight excluding hydrogens is 290 g/mol. The van der Waals surface area contributed by atoms with Gasteiger partial charge in [0.15, 0.2) is 0 Å². The van der Waals surface area contributed by atoms with E-state index >= 15 is 0 Å². The van der Waals surface area contributed by atoms with Gasteiger partial charge in [0.2, 0.25) is 0 Å². The maximum Gasteiger partial charge on any atom is 0.135 e. The average molecular weight is 310 g/mol.